The molecule has 30 heavy (non-hydrogen) atoms. The number of halogens is 2. The summed E-state index contributed by atoms with van der Waals surface area (Å²) in [4.78, 5) is 24.6. The number of carbonyl (C=O) groups excluding carboxylic acids is 2. The molecule has 0 atom stereocenters. The topological polar surface area (TPSA) is 67.4 Å². The molecule has 0 radical (unpaired) electrons. The van der Waals surface area contributed by atoms with Crippen molar-refractivity contribution in [2.24, 2.45) is 0 Å². The van der Waals surface area contributed by atoms with Gasteiger partial charge in [-0.3, -0.25) is 9.59 Å². The summed E-state index contributed by atoms with van der Waals surface area (Å²) >= 11 is 12.1. The molecule has 0 spiro atoms. The molecule has 2 N–H and O–H groups in total. The number of benzene rings is 3. The van der Waals surface area contributed by atoms with Crippen molar-refractivity contribution in [2.75, 3.05) is 17.7 Å². The molecular formula is C23H18Cl2N2O3. The van der Waals surface area contributed by atoms with Crippen molar-refractivity contribution in [2.45, 2.75) is 0 Å². The first-order chi connectivity index (χ1) is 14.5. The second-order valence-corrected chi connectivity index (χ2v) is 7.08. The van der Waals surface area contributed by atoms with Crippen molar-refractivity contribution in [1.82, 2.24) is 0 Å². The predicted molar refractivity (Wildman–Crippen MR) is 122 cm³/mol. The largest absolute Gasteiger partial charge is 0.495 e. The second-order valence-electron chi connectivity index (χ2n) is 6.23. The van der Waals surface area contributed by atoms with Crippen molar-refractivity contribution in [1.29, 1.82) is 0 Å². The highest BCUT2D eigenvalue weighted by Gasteiger charge is 2.09. The Bertz CT molecular complexity index is 1100. The Kier molecular flexibility index (Phi) is 7.12. The molecule has 0 saturated carbocycles. The van der Waals surface area contributed by atoms with E-state index in [9.17, 15) is 9.59 Å². The summed E-state index contributed by atoms with van der Waals surface area (Å²) in [6.07, 6.45) is 2.91. The van der Waals surface area contributed by atoms with E-state index < -0.39 is 0 Å². The summed E-state index contributed by atoms with van der Waals surface area (Å²) in [6.45, 7) is 0. The average Bonchev–Trinajstić information content (AvgIpc) is 2.73. The molecular weight excluding hydrogens is 423 g/mol. The SMILES string of the molecule is COc1c(Cl)cc(Cl)cc1C=CC(=O)Nc1cccc(NC(=O)c2ccccc2)c1. The molecule has 0 fully saturated rings. The summed E-state index contributed by atoms with van der Waals surface area (Å²) in [5, 5.41) is 6.34. The highest BCUT2D eigenvalue weighted by molar-refractivity contribution is 6.36. The van der Waals surface area contributed by atoms with Gasteiger partial charge in [-0.05, 0) is 48.5 Å². The van der Waals surface area contributed by atoms with Crippen molar-refractivity contribution in [3.05, 3.63) is 94.0 Å². The van der Waals surface area contributed by atoms with Crippen LogP contribution in [0.4, 0.5) is 11.4 Å². The fourth-order valence-corrected chi connectivity index (χ4v) is 3.32. The Morgan fingerprint density at radius 2 is 1.60 bits per heavy atom. The number of hydrogen-bond acceptors (Lipinski definition) is 3. The lowest BCUT2D eigenvalue weighted by atomic mass is 10.2. The quantitative estimate of drug-likeness (QED) is 0.468. The minimum absolute atomic E-state index is 0.232. The molecule has 0 bridgehead atoms. The van der Waals surface area contributed by atoms with Crippen molar-refractivity contribution in [3.63, 3.8) is 0 Å². The molecule has 3 aromatic carbocycles. The van der Waals surface area contributed by atoms with E-state index in [-0.39, 0.29) is 11.8 Å². The van der Waals surface area contributed by atoms with Crippen LogP contribution in [0.1, 0.15) is 15.9 Å². The van der Waals surface area contributed by atoms with Crippen LogP contribution in [-0.2, 0) is 4.79 Å². The van der Waals surface area contributed by atoms with E-state index in [1.54, 1.807) is 66.7 Å². The molecule has 3 aromatic rings. The summed E-state index contributed by atoms with van der Waals surface area (Å²) in [5.41, 5.74) is 2.22. The molecule has 152 valence electrons. The van der Waals surface area contributed by atoms with E-state index >= 15 is 0 Å². The molecule has 5 nitrogen and oxygen atoms in total. The van der Waals surface area contributed by atoms with Crippen LogP contribution in [0.5, 0.6) is 5.75 Å². The maximum absolute atomic E-state index is 12.3. The van der Waals surface area contributed by atoms with Crippen molar-refractivity contribution >= 4 is 52.5 Å². The summed E-state index contributed by atoms with van der Waals surface area (Å²) in [6, 6.07) is 19.0. The molecule has 0 heterocycles. The fourth-order valence-electron chi connectivity index (χ4n) is 2.74. The molecule has 0 aliphatic rings. The maximum atomic E-state index is 12.3. The average molecular weight is 441 g/mol. The van der Waals surface area contributed by atoms with Gasteiger partial charge in [-0.25, -0.2) is 0 Å². The highest BCUT2D eigenvalue weighted by atomic mass is 35.5. The third kappa shape index (κ3) is 5.63. The van der Waals surface area contributed by atoms with E-state index in [1.807, 2.05) is 6.07 Å². The van der Waals surface area contributed by atoms with Gasteiger partial charge in [0.15, 0.2) is 0 Å². The van der Waals surface area contributed by atoms with Crippen LogP contribution in [0.2, 0.25) is 10.0 Å². The first-order valence-corrected chi connectivity index (χ1v) is 9.70. The first-order valence-electron chi connectivity index (χ1n) is 8.95. The Morgan fingerprint density at radius 3 is 2.30 bits per heavy atom. The van der Waals surface area contributed by atoms with E-state index in [4.69, 9.17) is 27.9 Å². The molecule has 3 rings (SSSR count). The van der Waals surface area contributed by atoms with Crippen LogP contribution in [0.3, 0.4) is 0 Å². The lowest BCUT2D eigenvalue weighted by Gasteiger charge is -2.09. The molecule has 0 aliphatic heterocycles. The van der Waals surface area contributed by atoms with E-state index in [0.29, 0.717) is 38.3 Å². The predicted octanol–water partition coefficient (Wildman–Crippen LogP) is 5.91. The van der Waals surface area contributed by atoms with Gasteiger partial charge >= 0.3 is 0 Å². The Hall–Kier alpha value is -3.28. The molecule has 0 aliphatic carbocycles. The van der Waals surface area contributed by atoms with Gasteiger partial charge in [0.2, 0.25) is 5.91 Å². The minimum Gasteiger partial charge on any atom is -0.495 e. The first kappa shape index (κ1) is 21.4. The summed E-state index contributed by atoms with van der Waals surface area (Å²) in [5.74, 6) is -0.167. The monoisotopic (exact) mass is 440 g/mol. The van der Waals surface area contributed by atoms with Gasteiger partial charge in [-0.15, -0.1) is 0 Å². The Morgan fingerprint density at radius 1 is 0.900 bits per heavy atom. The van der Waals surface area contributed by atoms with Crippen LogP contribution >= 0.6 is 23.2 Å². The molecule has 0 saturated heterocycles. The normalized spacial score (nSPS) is 10.6. The molecule has 0 unspecified atom stereocenters. The number of ether oxygens (including phenoxy) is 1. The fraction of sp³-hybridized carbons (Fsp3) is 0.0435. The number of methoxy groups -OCH3 is 1. The Labute approximate surface area is 184 Å². The van der Waals surface area contributed by atoms with Crippen LogP contribution in [0.15, 0.2) is 72.8 Å². The third-order valence-corrected chi connectivity index (χ3v) is 4.58. The molecule has 2 amide bonds. The van der Waals surface area contributed by atoms with Crippen LogP contribution in [-0.4, -0.2) is 18.9 Å². The second kappa shape index (κ2) is 9.96. The number of rotatable bonds is 6. The van der Waals surface area contributed by atoms with Gasteiger partial charge in [0.05, 0.1) is 12.1 Å². The van der Waals surface area contributed by atoms with Crippen molar-refractivity contribution in [3.8, 4) is 5.75 Å². The van der Waals surface area contributed by atoms with Crippen LogP contribution in [0.25, 0.3) is 6.08 Å². The Balaban J connectivity index is 1.68. The van der Waals surface area contributed by atoms with Gasteiger partial charge in [-0.1, -0.05) is 47.5 Å². The minimum atomic E-state index is -0.361. The number of amides is 2. The standard InChI is InChI=1S/C23H18Cl2N2O3/c1-30-22-16(12-17(24)13-20(22)25)10-11-21(28)26-18-8-5-9-19(14-18)27-23(29)15-6-3-2-4-7-15/h2-14H,1H3,(H,26,28)(H,27,29). The van der Waals surface area contributed by atoms with Gasteiger partial charge in [0, 0.05) is 33.6 Å². The number of anilines is 2. The van der Waals surface area contributed by atoms with Gasteiger partial charge in [-0.2, -0.15) is 0 Å². The number of carbonyl (C=O) groups is 2. The lowest BCUT2D eigenvalue weighted by Crippen LogP contribution is -2.12. The van der Waals surface area contributed by atoms with Gasteiger partial charge < -0.3 is 15.4 Å². The maximum Gasteiger partial charge on any atom is 0.255 e. The zero-order chi connectivity index (χ0) is 21.5. The number of hydrogen-bond donors (Lipinski definition) is 2. The lowest BCUT2D eigenvalue weighted by molar-refractivity contribution is -0.111. The summed E-state index contributed by atoms with van der Waals surface area (Å²) in [7, 11) is 1.49. The van der Waals surface area contributed by atoms with E-state index in [1.165, 1.54) is 13.2 Å². The molecule has 0 aromatic heterocycles. The number of nitrogens with one attached hydrogen (secondary N) is 2. The van der Waals surface area contributed by atoms with E-state index in [2.05, 4.69) is 10.6 Å². The van der Waals surface area contributed by atoms with Gasteiger partial charge in [0.25, 0.3) is 5.91 Å². The highest BCUT2D eigenvalue weighted by Crippen LogP contribution is 2.33. The third-order valence-electron chi connectivity index (χ3n) is 4.08. The van der Waals surface area contributed by atoms with Crippen molar-refractivity contribution < 1.29 is 14.3 Å². The van der Waals surface area contributed by atoms with E-state index in [0.717, 1.165) is 0 Å². The summed E-state index contributed by atoms with van der Waals surface area (Å²) < 4.78 is 5.26. The molecule has 7 heteroatoms. The zero-order valence-electron chi connectivity index (χ0n) is 16.0. The smallest absolute Gasteiger partial charge is 0.255 e. The zero-order valence-corrected chi connectivity index (χ0v) is 17.5. The van der Waals surface area contributed by atoms with Gasteiger partial charge in [0.1, 0.15) is 5.75 Å². The van der Waals surface area contributed by atoms with Crippen LogP contribution < -0.4 is 15.4 Å². The van der Waals surface area contributed by atoms with Crippen LogP contribution in [0, 0.1) is 0 Å².